The molecule has 0 radical (unpaired) electrons. The van der Waals surface area contributed by atoms with Gasteiger partial charge in [-0.1, -0.05) is 123 Å². The van der Waals surface area contributed by atoms with Crippen LogP contribution in [0.2, 0.25) is 0 Å². The highest BCUT2D eigenvalue weighted by Gasteiger charge is 2.30. The third kappa shape index (κ3) is 23.1. The summed E-state index contributed by atoms with van der Waals surface area (Å²) in [5.41, 5.74) is 2.09. The lowest BCUT2D eigenvalue weighted by atomic mass is 10.0. The van der Waals surface area contributed by atoms with Gasteiger partial charge in [0.1, 0.15) is 18.1 Å². The number of amides is 1. The minimum atomic E-state index is -0.0647. The number of likely N-dealkylation sites (N-methyl/N-ethyl adjacent to an activating group) is 3. The predicted octanol–water partition coefficient (Wildman–Crippen LogP) is 9.82. The Bertz CT molecular complexity index is 986. The van der Waals surface area contributed by atoms with E-state index in [-0.39, 0.29) is 18.0 Å². The van der Waals surface area contributed by atoms with Crippen molar-refractivity contribution in [2.24, 2.45) is 0 Å². The fraction of sp³-hybridized carbons (Fsp3) is 0.841. The second-order valence-corrected chi connectivity index (χ2v) is 15.4. The van der Waals surface area contributed by atoms with E-state index in [1.54, 1.807) is 17.1 Å². The van der Waals surface area contributed by atoms with E-state index in [9.17, 15) is 14.4 Å². The molecule has 2 N–H and O–H groups in total. The van der Waals surface area contributed by atoms with Gasteiger partial charge < -0.3 is 25.1 Å². The summed E-state index contributed by atoms with van der Waals surface area (Å²) < 4.78 is 6.06. The quantitative estimate of drug-likeness (QED) is 0.0369. The molecule has 9 nitrogen and oxygen atoms in total. The van der Waals surface area contributed by atoms with Crippen molar-refractivity contribution in [3.63, 3.8) is 0 Å². The Balaban J connectivity index is 2.46. The van der Waals surface area contributed by atoms with Crippen molar-refractivity contribution in [2.45, 2.75) is 193 Å². The monoisotopic (exact) mass is 746 g/mol. The largest absolute Gasteiger partial charge is 0.462 e. The molecule has 9 heteroatoms. The molecule has 0 spiro atoms. The van der Waals surface area contributed by atoms with Crippen molar-refractivity contribution in [1.29, 1.82) is 0 Å². The maximum atomic E-state index is 13.0. The summed E-state index contributed by atoms with van der Waals surface area (Å²) in [6.45, 7) is 12.5. The van der Waals surface area contributed by atoms with Crippen LogP contribution in [0.15, 0.2) is 23.7 Å². The number of hydrogen-bond acceptors (Lipinski definition) is 8. The van der Waals surface area contributed by atoms with Gasteiger partial charge in [-0.25, -0.2) is 0 Å². The molecule has 1 heterocycles. The number of carbonyl (C=O) groups is 3. The van der Waals surface area contributed by atoms with Gasteiger partial charge in [0, 0.05) is 40.5 Å². The maximum Gasteiger partial charge on any atom is 0.306 e. The summed E-state index contributed by atoms with van der Waals surface area (Å²) in [5, 5.41) is 9.90. The number of unbranched alkanes of at least 4 members (excludes halogenated alkanes) is 19. The number of nitrogens with one attached hydrogen (secondary N) is 2. The number of rotatable bonds is 37. The van der Waals surface area contributed by atoms with Gasteiger partial charge in [-0.3, -0.25) is 19.6 Å². The highest BCUT2D eigenvalue weighted by atomic mass is 16.5. The minimum Gasteiger partial charge on any atom is -0.462 e. The Hall–Kier alpha value is -2.55. The molecule has 0 aliphatic carbocycles. The summed E-state index contributed by atoms with van der Waals surface area (Å²) in [4.78, 5) is 39.0. The molecule has 0 unspecified atom stereocenters. The average molecular weight is 746 g/mol. The lowest BCUT2D eigenvalue weighted by Crippen LogP contribution is -2.50. The summed E-state index contributed by atoms with van der Waals surface area (Å²) >= 11 is 0. The molecule has 0 saturated heterocycles. The van der Waals surface area contributed by atoms with Crippen molar-refractivity contribution in [1.82, 2.24) is 25.6 Å². The Kier molecular flexibility index (Phi) is 30.0. The van der Waals surface area contributed by atoms with E-state index in [1.807, 2.05) is 14.1 Å². The Morgan fingerprint density at radius 1 is 0.698 bits per heavy atom. The van der Waals surface area contributed by atoms with Gasteiger partial charge in [0.05, 0.1) is 11.4 Å². The molecule has 1 aliphatic rings. The smallest absolute Gasteiger partial charge is 0.306 e. The van der Waals surface area contributed by atoms with Crippen molar-refractivity contribution < 1.29 is 19.1 Å². The SMILES string of the molecule is C=C1C(NC)=C(NCCCN(CCCCCCCC=O)CCCCCCCC(=O)OC(CCCCCCCC)CCCCCCCC)C(=O)N(C)N1C. The Labute approximate surface area is 326 Å². The molecule has 1 rings (SSSR count). The lowest BCUT2D eigenvalue weighted by Gasteiger charge is -2.38. The number of esters is 1. The van der Waals surface area contributed by atoms with E-state index in [0.717, 1.165) is 95.1 Å². The van der Waals surface area contributed by atoms with Crippen LogP contribution in [0.25, 0.3) is 0 Å². The summed E-state index contributed by atoms with van der Waals surface area (Å²) in [6, 6.07) is 0. The van der Waals surface area contributed by atoms with Crippen LogP contribution < -0.4 is 10.6 Å². The fourth-order valence-corrected chi connectivity index (χ4v) is 7.22. The molecule has 0 aromatic heterocycles. The van der Waals surface area contributed by atoms with E-state index in [2.05, 4.69) is 36.0 Å². The first-order valence-electron chi connectivity index (χ1n) is 22.0. The molecule has 0 fully saturated rings. The van der Waals surface area contributed by atoms with Gasteiger partial charge in [0.15, 0.2) is 0 Å². The maximum absolute atomic E-state index is 13.0. The topological polar surface area (TPSA) is 94.2 Å². The highest BCUT2D eigenvalue weighted by Crippen LogP contribution is 2.22. The number of ether oxygens (including phenoxy) is 1. The predicted molar refractivity (Wildman–Crippen MR) is 222 cm³/mol. The van der Waals surface area contributed by atoms with E-state index in [1.165, 1.54) is 103 Å². The normalized spacial score (nSPS) is 13.5. The average Bonchev–Trinajstić information content (AvgIpc) is 3.15. The molecule has 1 amide bonds. The first-order valence-corrected chi connectivity index (χ1v) is 22.0. The van der Waals surface area contributed by atoms with Gasteiger partial charge in [0.2, 0.25) is 0 Å². The molecular weight excluding hydrogens is 663 g/mol. The molecule has 53 heavy (non-hydrogen) atoms. The van der Waals surface area contributed by atoms with Crippen LogP contribution in [0.1, 0.15) is 187 Å². The van der Waals surface area contributed by atoms with Crippen molar-refractivity contribution >= 4 is 18.2 Å². The van der Waals surface area contributed by atoms with Crippen molar-refractivity contribution in [3.05, 3.63) is 23.7 Å². The number of carbonyl (C=O) groups excluding carboxylic acids is 3. The molecule has 0 atom stereocenters. The number of hydrazine groups is 1. The zero-order valence-electron chi connectivity index (χ0n) is 35.3. The van der Waals surface area contributed by atoms with E-state index in [0.29, 0.717) is 25.1 Å². The van der Waals surface area contributed by atoms with Gasteiger partial charge in [-0.05, 0) is 77.4 Å². The number of nitrogens with zero attached hydrogens (tertiary/aromatic N) is 3. The Morgan fingerprint density at radius 3 is 1.74 bits per heavy atom. The molecule has 308 valence electrons. The van der Waals surface area contributed by atoms with Gasteiger partial charge >= 0.3 is 5.97 Å². The van der Waals surface area contributed by atoms with E-state index >= 15 is 0 Å². The standard InChI is InChI=1S/C44H83N5O4/c1-7-9-11-13-18-24-31-40(32-25-19-14-12-10-8-2)53-41(51)33-26-20-17-22-28-36-49(35-27-21-15-16-23-29-38-50)37-30-34-46-43-42(45-4)39(3)47(5)48(6)44(43)52/h38,40,45-46H,3,7-37H2,1-2,4-6H3. The summed E-state index contributed by atoms with van der Waals surface area (Å²) in [7, 11) is 5.43. The number of aldehydes is 1. The molecule has 0 aromatic carbocycles. The van der Waals surface area contributed by atoms with Crippen LogP contribution in [0.3, 0.4) is 0 Å². The highest BCUT2D eigenvalue weighted by molar-refractivity contribution is 5.95. The van der Waals surface area contributed by atoms with Crippen molar-refractivity contribution in [2.75, 3.05) is 47.3 Å². The van der Waals surface area contributed by atoms with Crippen LogP contribution >= 0.6 is 0 Å². The summed E-state index contributed by atoms with van der Waals surface area (Å²) in [6.07, 6.45) is 31.8. The zero-order valence-corrected chi connectivity index (χ0v) is 35.3. The zero-order chi connectivity index (χ0) is 38.9. The first-order chi connectivity index (χ1) is 25.8. The van der Waals surface area contributed by atoms with Gasteiger partial charge in [0.25, 0.3) is 5.91 Å². The minimum absolute atomic E-state index is 0.00779. The van der Waals surface area contributed by atoms with Crippen LogP contribution in [-0.4, -0.2) is 86.5 Å². The second kappa shape index (κ2) is 32.8. The van der Waals surface area contributed by atoms with Crippen LogP contribution in [-0.2, 0) is 19.1 Å². The van der Waals surface area contributed by atoms with E-state index in [4.69, 9.17) is 4.74 Å². The third-order valence-electron chi connectivity index (χ3n) is 10.8. The van der Waals surface area contributed by atoms with Crippen LogP contribution in [0, 0.1) is 0 Å². The molecule has 1 aliphatic heterocycles. The molecule has 0 aromatic rings. The van der Waals surface area contributed by atoms with Gasteiger partial charge in [-0.2, -0.15) is 0 Å². The van der Waals surface area contributed by atoms with Crippen LogP contribution in [0.4, 0.5) is 0 Å². The van der Waals surface area contributed by atoms with Crippen LogP contribution in [0.5, 0.6) is 0 Å². The van der Waals surface area contributed by atoms with E-state index < -0.39 is 0 Å². The molecule has 0 bridgehead atoms. The van der Waals surface area contributed by atoms with Crippen molar-refractivity contribution in [3.8, 4) is 0 Å². The fourth-order valence-electron chi connectivity index (χ4n) is 7.22. The first kappa shape index (κ1) is 48.5. The molecule has 0 saturated carbocycles. The third-order valence-corrected chi connectivity index (χ3v) is 10.8. The van der Waals surface area contributed by atoms with Gasteiger partial charge in [-0.15, -0.1) is 0 Å². The Morgan fingerprint density at radius 2 is 1.19 bits per heavy atom. The second-order valence-electron chi connectivity index (χ2n) is 15.4. The lowest BCUT2D eigenvalue weighted by molar-refractivity contribution is -0.150. The molecular formula is C44H83N5O4. The number of hydrogen-bond donors (Lipinski definition) is 2. The summed E-state index contributed by atoms with van der Waals surface area (Å²) in [5.74, 6) is -0.0569.